The van der Waals surface area contributed by atoms with Gasteiger partial charge in [0, 0.05) is 43.9 Å². The van der Waals surface area contributed by atoms with Crippen molar-refractivity contribution >= 4 is 0 Å². The molecule has 2 aliphatic rings. The van der Waals surface area contributed by atoms with Crippen LogP contribution in [0, 0.1) is 5.92 Å². The van der Waals surface area contributed by atoms with E-state index in [2.05, 4.69) is 11.0 Å². The van der Waals surface area contributed by atoms with Crippen molar-refractivity contribution in [3.05, 3.63) is 94.4 Å². The third-order valence-electron chi connectivity index (χ3n) is 6.54. The lowest BCUT2D eigenvalue weighted by Crippen LogP contribution is -2.49. The van der Waals surface area contributed by atoms with E-state index >= 15 is 0 Å². The first-order valence-electron chi connectivity index (χ1n) is 11.6. The van der Waals surface area contributed by atoms with Gasteiger partial charge in [-0.05, 0) is 48.2 Å². The van der Waals surface area contributed by atoms with E-state index in [9.17, 15) is 9.90 Å². The summed E-state index contributed by atoms with van der Waals surface area (Å²) in [5, 5.41) is 10.6. The van der Waals surface area contributed by atoms with Crippen molar-refractivity contribution in [2.45, 2.75) is 31.6 Å². The van der Waals surface area contributed by atoms with E-state index in [4.69, 9.17) is 9.47 Å². The van der Waals surface area contributed by atoms with E-state index in [0.29, 0.717) is 30.7 Å². The zero-order valence-electron chi connectivity index (χ0n) is 18.7. The number of hydrogen-bond acceptors (Lipinski definition) is 5. The van der Waals surface area contributed by atoms with Gasteiger partial charge >= 0.3 is 0 Å². The molecule has 5 rings (SSSR count). The maximum atomic E-state index is 12.2. The Morgan fingerprint density at radius 3 is 2.42 bits per heavy atom. The standard InChI is InChI=1S/C27H30N2O4/c30-23(17-28-14-21-13-22(16-28)26-7-4-8-27(31)29(26)15-21)19-33-25-11-9-24(10-12-25)32-18-20-5-2-1-3-6-20/h1-12,21-23,30H,13-19H2/t21-,22-,23-/m1/s1. The summed E-state index contributed by atoms with van der Waals surface area (Å²) in [5.74, 6) is 2.30. The Labute approximate surface area is 194 Å². The minimum atomic E-state index is -0.573. The smallest absolute Gasteiger partial charge is 0.250 e. The van der Waals surface area contributed by atoms with Crippen molar-refractivity contribution in [3.8, 4) is 11.5 Å². The van der Waals surface area contributed by atoms with Crippen LogP contribution in [-0.4, -0.2) is 46.9 Å². The Morgan fingerprint density at radius 1 is 0.879 bits per heavy atom. The summed E-state index contributed by atoms with van der Waals surface area (Å²) >= 11 is 0. The van der Waals surface area contributed by atoms with Gasteiger partial charge in [0.25, 0.3) is 5.56 Å². The van der Waals surface area contributed by atoms with E-state index in [1.807, 2.05) is 65.2 Å². The first kappa shape index (κ1) is 21.7. The Balaban J connectivity index is 1.09. The van der Waals surface area contributed by atoms with Crippen LogP contribution in [0.5, 0.6) is 11.5 Å². The number of ether oxygens (including phenoxy) is 2. The Hall–Kier alpha value is -3.09. The molecule has 33 heavy (non-hydrogen) atoms. The SMILES string of the molecule is O=c1cccc2n1C[C@@H]1C[C@@H]2CN(C[C@@H](O)COc2ccc(OCc3ccccc3)cc2)C1. The molecule has 0 unspecified atom stereocenters. The van der Waals surface area contributed by atoms with E-state index in [-0.39, 0.29) is 12.2 Å². The van der Waals surface area contributed by atoms with E-state index in [0.717, 1.165) is 43.1 Å². The third kappa shape index (κ3) is 5.29. The summed E-state index contributed by atoms with van der Waals surface area (Å²) in [6.45, 7) is 3.88. The summed E-state index contributed by atoms with van der Waals surface area (Å²) in [6, 6.07) is 23.1. The fraction of sp³-hybridized carbons (Fsp3) is 0.370. The van der Waals surface area contributed by atoms with Crippen LogP contribution in [0.2, 0.25) is 0 Å². The van der Waals surface area contributed by atoms with E-state index < -0.39 is 6.10 Å². The van der Waals surface area contributed by atoms with Crippen molar-refractivity contribution in [1.29, 1.82) is 0 Å². The normalized spacial score (nSPS) is 20.6. The molecule has 1 N–H and O–H groups in total. The van der Waals surface area contributed by atoms with Crippen molar-refractivity contribution in [2.24, 2.45) is 5.92 Å². The molecule has 3 aromatic rings. The second-order valence-corrected chi connectivity index (χ2v) is 9.13. The molecule has 3 heterocycles. The minimum absolute atomic E-state index is 0.0977. The van der Waals surface area contributed by atoms with E-state index in [1.54, 1.807) is 6.07 Å². The first-order chi connectivity index (χ1) is 16.1. The zero-order chi connectivity index (χ0) is 22.6. The van der Waals surface area contributed by atoms with Gasteiger partial charge in [0.2, 0.25) is 0 Å². The summed E-state index contributed by atoms with van der Waals surface area (Å²) in [4.78, 5) is 14.5. The van der Waals surface area contributed by atoms with Gasteiger partial charge in [0.15, 0.2) is 0 Å². The van der Waals surface area contributed by atoms with Crippen molar-refractivity contribution in [3.63, 3.8) is 0 Å². The second-order valence-electron chi connectivity index (χ2n) is 9.13. The molecular weight excluding hydrogens is 416 g/mol. The predicted octanol–water partition coefficient (Wildman–Crippen LogP) is 3.29. The van der Waals surface area contributed by atoms with Crippen LogP contribution in [-0.2, 0) is 13.2 Å². The number of likely N-dealkylation sites (tertiary alicyclic amines) is 1. The first-order valence-corrected chi connectivity index (χ1v) is 11.6. The van der Waals surface area contributed by atoms with Crippen LogP contribution < -0.4 is 15.0 Å². The topological polar surface area (TPSA) is 63.9 Å². The Morgan fingerprint density at radius 2 is 1.64 bits per heavy atom. The number of nitrogens with zero attached hydrogens (tertiary/aromatic N) is 2. The van der Waals surface area contributed by atoms with Gasteiger partial charge in [0.1, 0.15) is 30.8 Å². The number of aromatic nitrogens is 1. The van der Waals surface area contributed by atoms with Crippen LogP contribution in [0.4, 0.5) is 0 Å². The molecule has 0 saturated carbocycles. The highest BCUT2D eigenvalue weighted by molar-refractivity contribution is 5.31. The molecule has 2 aromatic carbocycles. The van der Waals surface area contributed by atoms with Gasteiger partial charge < -0.3 is 19.1 Å². The Bertz CT molecular complexity index is 1110. The number of pyridine rings is 1. The average Bonchev–Trinajstić information content (AvgIpc) is 2.83. The molecule has 3 atom stereocenters. The number of piperidine rings is 1. The fourth-order valence-electron chi connectivity index (χ4n) is 5.06. The molecule has 6 nitrogen and oxygen atoms in total. The monoisotopic (exact) mass is 446 g/mol. The highest BCUT2D eigenvalue weighted by Crippen LogP contribution is 2.34. The number of β-amino-alcohol motifs (C(OH)–C–C–N with tert-alkyl or cyclic N) is 1. The third-order valence-corrected chi connectivity index (χ3v) is 6.54. The van der Waals surface area contributed by atoms with E-state index in [1.165, 1.54) is 0 Å². The molecule has 0 aliphatic carbocycles. The number of hydrogen-bond donors (Lipinski definition) is 1. The molecule has 2 aliphatic heterocycles. The van der Waals surface area contributed by atoms with Gasteiger partial charge in [-0.25, -0.2) is 0 Å². The predicted molar refractivity (Wildman–Crippen MR) is 127 cm³/mol. The number of rotatable bonds is 8. The quantitative estimate of drug-likeness (QED) is 0.575. The number of aliphatic hydroxyl groups is 1. The maximum Gasteiger partial charge on any atom is 0.250 e. The van der Waals surface area contributed by atoms with Gasteiger partial charge in [-0.15, -0.1) is 0 Å². The molecule has 0 spiro atoms. The molecular formula is C27H30N2O4. The van der Waals surface area contributed by atoms with Crippen molar-refractivity contribution < 1.29 is 14.6 Å². The molecule has 2 bridgehead atoms. The summed E-state index contributed by atoms with van der Waals surface area (Å²) in [6.07, 6.45) is 0.543. The van der Waals surface area contributed by atoms with Gasteiger partial charge in [-0.1, -0.05) is 36.4 Å². The number of aliphatic hydroxyl groups excluding tert-OH is 1. The highest BCUT2D eigenvalue weighted by Gasteiger charge is 2.34. The molecule has 1 saturated heterocycles. The second kappa shape index (κ2) is 9.81. The lowest BCUT2D eigenvalue weighted by molar-refractivity contribution is 0.0384. The summed E-state index contributed by atoms with van der Waals surface area (Å²) < 4.78 is 13.6. The van der Waals surface area contributed by atoms with Gasteiger partial charge in [-0.2, -0.15) is 0 Å². The van der Waals surface area contributed by atoms with Crippen LogP contribution in [0.3, 0.4) is 0 Å². The fourth-order valence-corrected chi connectivity index (χ4v) is 5.06. The van der Waals surface area contributed by atoms with Crippen LogP contribution in [0.1, 0.15) is 23.6 Å². The van der Waals surface area contributed by atoms with Gasteiger partial charge in [-0.3, -0.25) is 9.69 Å². The molecule has 0 amide bonds. The number of benzene rings is 2. The molecule has 0 radical (unpaired) electrons. The maximum absolute atomic E-state index is 12.2. The zero-order valence-corrected chi connectivity index (χ0v) is 18.7. The Kier molecular flexibility index (Phi) is 6.46. The van der Waals surface area contributed by atoms with Crippen LogP contribution in [0.25, 0.3) is 0 Å². The average molecular weight is 447 g/mol. The molecule has 6 heteroatoms. The lowest BCUT2D eigenvalue weighted by atomic mass is 9.83. The van der Waals surface area contributed by atoms with Crippen LogP contribution in [0.15, 0.2) is 77.6 Å². The highest BCUT2D eigenvalue weighted by atomic mass is 16.5. The lowest BCUT2D eigenvalue weighted by Gasteiger charge is -2.43. The molecule has 172 valence electrons. The van der Waals surface area contributed by atoms with Gasteiger partial charge in [0.05, 0.1) is 0 Å². The summed E-state index contributed by atoms with van der Waals surface area (Å²) in [5.41, 5.74) is 2.35. The van der Waals surface area contributed by atoms with Crippen molar-refractivity contribution in [2.75, 3.05) is 26.2 Å². The summed E-state index contributed by atoms with van der Waals surface area (Å²) in [7, 11) is 0. The van der Waals surface area contributed by atoms with Crippen LogP contribution >= 0.6 is 0 Å². The molecule has 1 fully saturated rings. The number of fused-ring (bicyclic) bond motifs is 4. The molecule has 1 aromatic heterocycles. The van der Waals surface area contributed by atoms with Crippen molar-refractivity contribution in [1.82, 2.24) is 9.47 Å². The minimum Gasteiger partial charge on any atom is -0.491 e. The largest absolute Gasteiger partial charge is 0.491 e.